The topological polar surface area (TPSA) is 20.3 Å². The highest BCUT2D eigenvalue weighted by molar-refractivity contribution is 6.35. The minimum Gasteiger partial charge on any atom is -0.332 e. The van der Waals surface area contributed by atoms with Crippen LogP contribution in [0, 0.1) is 0 Å². The molecule has 4 heteroatoms. The van der Waals surface area contributed by atoms with Crippen molar-refractivity contribution in [1.29, 1.82) is 0 Å². The van der Waals surface area contributed by atoms with E-state index in [1.807, 2.05) is 23.1 Å². The highest BCUT2D eigenvalue weighted by Gasteiger charge is 2.30. The van der Waals surface area contributed by atoms with Crippen molar-refractivity contribution in [1.82, 2.24) is 4.90 Å². The zero-order valence-corrected chi connectivity index (χ0v) is 12.9. The van der Waals surface area contributed by atoms with Crippen LogP contribution in [-0.2, 0) is 0 Å². The highest BCUT2D eigenvalue weighted by Crippen LogP contribution is 2.33. The van der Waals surface area contributed by atoms with Crippen LogP contribution in [0.1, 0.15) is 34.8 Å². The van der Waals surface area contributed by atoms with Gasteiger partial charge in [-0.1, -0.05) is 53.5 Å². The van der Waals surface area contributed by atoms with Crippen LogP contribution in [0.4, 0.5) is 0 Å². The van der Waals surface area contributed by atoms with Crippen LogP contribution < -0.4 is 0 Å². The first-order valence-corrected chi connectivity index (χ1v) is 7.73. The zero-order valence-electron chi connectivity index (χ0n) is 11.4. The number of benzene rings is 2. The highest BCUT2D eigenvalue weighted by atomic mass is 35.5. The Bertz CT molecular complexity index is 637. The van der Waals surface area contributed by atoms with E-state index in [2.05, 4.69) is 12.1 Å². The summed E-state index contributed by atoms with van der Waals surface area (Å²) in [5, 5.41) is 0.975. The molecule has 1 saturated heterocycles. The fraction of sp³-hybridized carbons (Fsp3) is 0.235. The second kappa shape index (κ2) is 6.08. The summed E-state index contributed by atoms with van der Waals surface area (Å²) in [4.78, 5) is 14.7. The van der Waals surface area contributed by atoms with Gasteiger partial charge in [-0.25, -0.2) is 0 Å². The Balaban J connectivity index is 1.90. The average molecular weight is 320 g/mol. The maximum atomic E-state index is 12.7. The molecule has 1 aliphatic rings. The molecule has 0 spiro atoms. The van der Waals surface area contributed by atoms with E-state index in [1.54, 1.807) is 18.2 Å². The van der Waals surface area contributed by atoms with Crippen LogP contribution in [0.2, 0.25) is 10.0 Å². The Kier molecular flexibility index (Phi) is 4.18. The van der Waals surface area contributed by atoms with E-state index in [9.17, 15) is 4.79 Å². The van der Waals surface area contributed by atoms with Gasteiger partial charge in [0.15, 0.2) is 0 Å². The van der Waals surface area contributed by atoms with Gasteiger partial charge in [0, 0.05) is 22.2 Å². The molecule has 2 aromatic carbocycles. The Morgan fingerprint density at radius 3 is 2.38 bits per heavy atom. The van der Waals surface area contributed by atoms with Gasteiger partial charge in [0.25, 0.3) is 5.91 Å². The van der Waals surface area contributed by atoms with Crippen LogP contribution in [0.3, 0.4) is 0 Å². The zero-order chi connectivity index (χ0) is 14.8. The Labute approximate surface area is 134 Å². The molecule has 2 aromatic rings. The molecule has 3 rings (SSSR count). The van der Waals surface area contributed by atoms with Gasteiger partial charge in [0.1, 0.15) is 0 Å². The third-order valence-electron chi connectivity index (χ3n) is 3.81. The van der Waals surface area contributed by atoms with Gasteiger partial charge >= 0.3 is 0 Å². The summed E-state index contributed by atoms with van der Waals surface area (Å²) in [6.45, 7) is 0.766. The lowest BCUT2D eigenvalue weighted by atomic mass is 10.0. The van der Waals surface area contributed by atoms with Crippen LogP contribution in [-0.4, -0.2) is 17.4 Å². The molecule has 0 radical (unpaired) electrons. The van der Waals surface area contributed by atoms with Crippen molar-refractivity contribution in [2.24, 2.45) is 0 Å². The largest absolute Gasteiger partial charge is 0.332 e. The van der Waals surface area contributed by atoms with Crippen LogP contribution in [0.5, 0.6) is 0 Å². The normalized spacial score (nSPS) is 18.0. The number of rotatable bonds is 2. The molecule has 1 atom stereocenters. The molecule has 0 bridgehead atoms. The molecule has 0 unspecified atom stereocenters. The molecule has 1 heterocycles. The molecule has 1 fully saturated rings. The smallest absolute Gasteiger partial charge is 0.254 e. The van der Waals surface area contributed by atoms with E-state index < -0.39 is 0 Å². The van der Waals surface area contributed by atoms with E-state index in [1.165, 1.54) is 5.56 Å². The fourth-order valence-corrected chi connectivity index (χ4v) is 3.40. The summed E-state index contributed by atoms with van der Waals surface area (Å²) in [6.07, 6.45) is 2.00. The standard InChI is InChI=1S/C17H15Cl2NO/c18-14-9-13(10-15(19)11-14)17(21)20-8-4-7-16(20)12-5-2-1-3-6-12/h1-3,5-6,9-11,16H,4,7-8H2/t16-/m1/s1. The van der Waals surface area contributed by atoms with Crippen molar-refractivity contribution in [2.45, 2.75) is 18.9 Å². The van der Waals surface area contributed by atoms with Crippen molar-refractivity contribution >= 4 is 29.1 Å². The van der Waals surface area contributed by atoms with Crippen LogP contribution in [0.15, 0.2) is 48.5 Å². The van der Waals surface area contributed by atoms with Gasteiger partial charge in [-0.05, 0) is 36.6 Å². The number of carbonyl (C=O) groups is 1. The third kappa shape index (κ3) is 3.07. The SMILES string of the molecule is O=C(c1cc(Cl)cc(Cl)c1)N1CCC[C@@H]1c1ccccc1. The van der Waals surface area contributed by atoms with Gasteiger partial charge in [0.2, 0.25) is 0 Å². The molecule has 1 amide bonds. The number of hydrogen-bond donors (Lipinski definition) is 0. The molecule has 108 valence electrons. The van der Waals surface area contributed by atoms with Gasteiger partial charge in [0.05, 0.1) is 6.04 Å². The second-order valence-electron chi connectivity index (χ2n) is 5.23. The van der Waals surface area contributed by atoms with Gasteiger partial charge in [-0.3, -0.25) is 4.79 Å². The summed E-state index contributed by atoms with van der Waals surface area (Å²) >= 11 is 12.0. The molecule has 0 aromatic heterocycles. The van der Waals surface area contributed by atoms with Gasteiger partial charge in [-0.2, -0.15) is 0 Å². The van der Waals surface area contributed by atoms with E-state index >= 15 is 0 Å². The Morgan fingerprint density at radius 1 is 1.05 bits per heavy atom. The first-order valence-electron chi connectivity index (χ1n) is 6.97. The maximum Gasteiger partial charge on any atom is 0.254 e. The van der Waals surface area contributed by atoms with Crippen molar-refractivity contribution < 1.29 is 4.79 Å². The first kappa shape index (κ1) is 14.4. The average Bonchev–Trinajstić information content (AvgIpc) is 2.95. The van der Waals surface area contributed by atoms with Crippen molar-refractivity contribution in [3.05, 3.63) is 69.7 Å². The van der Waals surface area contributed by atoms with E-state index in [0.29, 0.717) is 15.6 Å². The predicted molar refractivity (Wildman–Crippen MR) is 85.9 cm³/mol. The summed E-state index contributed by atoms with van der Waals surface area (Å²) in [6, 6.07) is 15.3. The molecule has 0 N–H and O–H groups in total. The minimum absolute atomic E-state index is 0.00856. The van der Waals surface area contributed by atoms with Gasteiger partial charge in [-0.15, -0.1) is 0 Å². The molecule has 21 heavy (non-hydrogen) atoms. The van der Waals surface area contributed by atoms with Crippen LogP contribution >= 0.6 is 23.2 Å². The summed E-state index contributed by atoms with van der Waals surface area (Å²) in [5.74, 6) is -0.00856. The Morgan fingerprint density at radius 2 is 1.71 bits per heavy atom. The number of likely N-dealkylation sites (tertiary alicyclic amines) is 1. The maximum absolute atomic E-state index is 12.7. The van der Waals surface area contributed by atoms with E-state index in [4.69, 9.17) is 23.2 Å². The molecule has 1 aliphatic heterocycles. The number of hydrogen-bond acceptors (Lipinski definition) is 1. The third-order valence-corrected chi connectivity index (χ3v) is 4.24. The molecule has 0 saturated carbocycles. The van der Waals surface area contributed by atoms with Crippen molar-refractivity contribution in [3.63, 3.8) is 0 Å². The van der Waals surface area contributed by atoms with Crippen molar-refractivity contribution in [3.8, 4) is 0 Å². The number of carbonyl (C=O) groups excluding carboxylic acids is 1. The fourth-order valence-electron chi connectivity index (χ4n) is 2.87. The molecule has 0 aliphatic carbocycles. The summed E-state index contributed by atoms with van der Waals surface area (Å²) in [7, 11) is 0. The lowest BCUT2D eigenvalue weighted by Crippen LogP contribution is -2.30. The van der Waals surface area contributed by atoms with Crippen molar-refractivity contribution in [2.75, 3.05) is 6.54 Å². The van der Waals surface area contributed by atoms with E-state index in [-0.39, 0.29) is 11.9 Å². The monoisotopic (exact) mass is 319 g/mol. The molecule has 2 nitrogen and oxygen atoms in total. The van der Waals surface area contributed by atoms with Gasteiger partial charge < -0.3 is 4.90 Å². The van der Waals surface area contributed by atoms with Crippen LogP contribution in [0.25, 0.3) is 0 Å². The quantitative estimate of drug-likeness (QED) is 0.765. The number of nitrogens with zero attached hydrogens (tertiary/aromatic N) is 1. The summed E-state index contributed by atoms with van der Waals surface area (Å²) in [5.41, 5.74) is 1.73. The lowest BCUT2D eigenvalue weighted by Gasteiger charge is -2.25. The first-order chi connectivity index (χ1) is 10.1. The molecular formula is C17H15Cl2NO. The minimum atomic E-state index is -0.00856. The number of halogens is 2. The predicted octanol–water partition coefficient (Wildman–Crippen LogP) is 4.97. The summed E-state index contributed by atoms with van der Waals surface area (Å²) < 4.78 is 0. The lowest BCUT2D eigenvalue weighted by molar-refractivity contribution is 0.0735. The second-order valence-corrected chi connectivity index (χ2v) is 6.10. The Hall–Kier alpha value is -1.51. The van der Waals surface area contributed by atoms with E-state index in [0.717, 1.165) is 19.4 Å². The molecular weight excluding hydrogens is 305 g/mol. The number of amides is 1.